The highest BCUT2D eigenvalue weighted by Gasteiger charge is 2.27. The largest absolute Gasteiger partial charge is 0.417 e. The van der Waals surface area contributed by atoms with Gasteiger partial charge in [-0.1, -0.05) is 28.4 Å². The number of benzene rings is 1. The number of amidine groups is 1. The minimum Gasteiger partial charge on any atom is -0.417 e. The van der Waals surface area contributed by atoms with Gasteiger partial charge in [0.05, 0.1) is 29.3 Å². The van der Waals surface area contributed by atoms with Gasteiger partial charge in [-0.3, -0.25) is 4.90 Å². The van der Waals surface area contributed by atoms with Gasteiger partial charge in [-0.25, -0.2) is 0 Å². The summed E-state index contributed by atoms with van der Waals surface area (Å²) in [5.74, 6) is 0.913. The van der Waals surface area contributed by atoms with Crippen LogP contribution in [0.3, 0.4) is 0 Å². The first-order valence-electron chi connectivity index (χ1n) is 8.41. The number of morpholine rings is 1. The molecule has 0 aliphatic carbocycles. The van der Waals surface area contributed by atoms with Crippen molar-refractivity contribution < 1.29 is 14.0 Å². The Kier molecular flexibility index (Phi) is 6.21. The lowest BCUT2D eigenvalue weighted by molar-refractivity contribution is -0.0821. The van der Waals surface area contributed by atoms with Gasteiger partial charge in [0, 0.05) is 18.1 Å². The number of nitrogens with zero attached hydrogens (tertiary/aromatic N) is 4. The van der Waals surface area contributed by atoms with Gasteiger partial charge in [-0.2, -0.15) is 0 Å². The molecule has 0 radical (unpaired) electrons. The lowest BCUT2D eigenvalue weighted by atomic mass is 10.1. The van der Waals surface area contributed by atoms with E-state index < -0.39 is 0 Å². The van der Waals surface area contributed by atoms with Crippen LogP contribution in [0.2, 0.25) is 10.0 Å². The van der Waals surface area contributed by atoms with Crippen molar-refractivity contribution in [2.45, 2.75) is 26.1 Å². The van der Waals surface area contributed by atoms with Gasteiger partial charge in [-0.05, 0) is 32.0 Å². The maximum Gasteiger partial charge on any atom is 0.257 e. The molecule has 1 aromatic carbocycles. The smallest absolute Gasteiger partial charge is 0.257 e. The van der Waals surface area contributed by atoms with E-state index in [2.05, 4.69) is 20.3 Å². The molecule has 3 rings (SSSR count). The molecule has 1 aliphatic heterocycles. The molecule has 10 heteroatoms. The molecule has 0 spiro atoms. The summed E-state index contributed by atoms with van der Waals surface area (Å²) in [6.07, 6.45) is 0. The number of nitrogens with two attached hydrogens (primary N) is 1. The molecule has 0 bridgehead atoms. The Bertz CT molecular complexity index is 825. The van der Waals surface area contributed by atoms with Crippen molar-refractivity contribution >= 4 is 29.0 Å². The predicted octanol–water partition coefficient (Wildman–Crippen LogP) is 2.94. The van der Waals surface area contributed by atoms with E-state index in [0.29, 0.717) is 34.6 Å². The van der Waals surface area contributed by atoms with E-state index in [1.165, 1.54) is 0 Å². The summed E-state index contributed by atoms with van der Waals surface area (Å²) in [7, 11) is 0. The molecule has 8 nitrogen and oxygen atoms in total. The molecule has 1 fully saturated rings. The number of ether oxygens (including phenoxy) is 1. The van der Waals surface area contributed by atoms with Crippen LogP contribution in [0.5, 0.6) is 0 Å². The van der Waals surface area contributed by atoms with Gasteiger partial charge in [-0.15, -0.1) is 10.2 Å². The Morgan fingerprint density at radius 2 is 2.19 bits per heavy atom. The van der Waals surface area contributed by atoms with Gasteiger partial charge in [0.15, 0.2) is 12.4 Å². The standard InChI is InChI=1S/C17H21Cl2N5O3/c1-17(2)10-24(5-6-25-17)8-14(20)23-26-9-15-21-22-16(27-15)12-4-3-11(18)7-13(12)19/h3-4,7H,5-6,8-10H2,1-2H3,(H2,20,23). The number of hydrogen-bond donors (Lipinski definition) is 1. The third kappa shape index (κ3) is 5.55. The summed E-state index contributed by atoms with van der Waals surface area (Å²) in [6.45, 7) is 6.84. The molecule has 0 unspecified atom stereocenters. The van der Waals surface area contributed by atoms with Crippen molar-refractivity contribution in [2.24, 2.45) is 10.9 Å². The third-order valence-electron chi connectivity index (χ3n) is 3.89. The van der Waals surface area contributed by atoms with Gasteiger partial charge < -0.3 is 19.7 Å². The van der Waals surface area contributed by atoms with Gasteiger partial charge in [0.1, 0.15) is 0 Å². The summed E-state index contributed by atoms with van der Waals surface area (Å²) in [6, 6.07) is 5.01. The normalized spacial score (nSPS) is 17.9. The van der Waals surface area contributed by atoms with Crippen LogP contribution in [0.1, 0.15) is 19.7 Å². The zero-order valence-electron chi connectivity index (χ0n) is 15.1. The summed E-state index contributed by atoms with van der Waals surface area (Å²) in [5.41, 5.74) is 6.34. The highest BCUT2D eigenvalue weighted by molar-refractivity contribution is 6.36. The van der Waals surface area contributed by atoms with E-state index in [0.717, 1.165) is 13.1 Å². The molecule has 0 amide bonds. The molecule has 27 heavy (non-hydrogen) atoms. The molecule has 2 heterocycles. The van der Waals surface area contributed by atoms with Gasteiger partial charge >= 0.3 is 0 Å². The van der Waals surface area contributed by atoms with Crippen LogP contribution in [0, 0.1) is 0 Å². The summed E-state index contributed by atoms with van der Waals surface area (Å²) in [5, 5.41) is 12.7. The number of aromatic nitrogens is 2. The maximum atomic E-state index is 6.14. The molecule has 2 aromatic rings. The van der Waals surface area contributed by atoms with Crippen LogP contribution in [0.15, 0.2) is 27.8 Å². The lowest BCUT2D eigenvalue weighted by Crippen LogP contribution is -2.50. The number of rotatable bonds is 6. The Hall–Kier alpha value is -1.87. The molecule has 1 aliphatic rings. The van der Waals surface area contributed by atoms with Crippen molar-refractivity contribution in [2.75, 3.05) is 26.2 Å². The average Bonchev–Trinajstić information content (AvgIpc) is 3.02. The van der Waals surface area contributed by atoms with E-state index in [1.807, 2.05) is 13.8 Å². The topological polar surface area (TPSA) is 99.0 Å². The molecule has 146 valence electrons. The van der Waals surface area contributed by atoms with E-state index in [9.17, 15) is 0 Å². The zero-order valence-corrected chi connectivity index (χ0v) is 16.6. The summed E-state index contributed by atoms with van der Waals surface area (Å²) < 4.78 is 11.2. The average molecular weight is 414 g/mol. The van der Waals surface area contributed by atoms with Crippen LogP contribution in [-0.4, -0.2) is 52.8 Å². The Morgan fingerprint density at radius 3 is 2.93 bits per heavy atom. The van der Waals surface area contributed by atoms with E-state index in [4.69, 9.17) is 42.9 Å². The van der Waals surface area contributed by atoms with Crippen molar-refractivity contribution in [3.63, 3.8) is 0 Å². The molecule has 0 atom stereocenters. The SMILES string of the molecule is CC1(C)CN(CC(N)=NOCc2nnc(-c3ccc(Cl)cc3Cl)o2)CCO1. The van der Waals surface area contributed by atoms with Crippen LogP contribution >= 0.6 is 23.2 Å². The van der Waals surface area contributed by atoms with Crippen LogP contribution < -0.4 is 5.73 Å². The molecule has 1 saturated heterocycles. The highest BCUT2D eigenvalue weighted by Crippen LogP contribution is 2.29. The first kappa shape index (κ1) is 19.9. The predicted molar refractivity (Wildman–Crippen MR) is 103 cm³/mol. The highest BCUT2D eigenvalue weighted by atomic mass is 35.5. The van der Waals surface area contributed by atoms with E-state index in [1.54, 1.807) is 18.2 Å². The van der Waals surface area contributed by atoms with Crippen molar-refractivity contribution in [3.8, 4) is 11.5 Å². The van der Waals surface area contributed by atoms with Crippen LogP contribution in [-0.2, 0) is 16.2 Å². The van der Waals surface area contributed by atoms with Crippen LogP contribution in [0.25, 0.3) is 11.5 Å². The number of halogens is 2. The maximum absolute atomic E-state index is 6.14. The molecular formula is C17H21Cl2N5O3. The van der Waals surface area contributed by atoms with Crippen molar-refractivity contribution in [1.29, 1.82) is 0 Å². The van der Waals surface area contributed by atoms with Gasteiger partial charge in [0.2, 0.25) is 5.89 Å². The minimum absolute atomic E-state index is 0.00745. The lowest BCUT2D eigenvalue weighted by Gasteiger charge is -2.37. The zero-order chi connectivity index (χ0) is 19.4. The Labute approximate surface area is 167 Å². The second kappa shape index (κ2) is 8.43. The van der Waals surface area contributed by atoms with E-state index >= 15 is 0 Å². The Balaban J connectivity index is 1.53. The monoisotopic (exact) mass is 413 g/mol. The fraction of sp³-hybridized carbons (Fsp3) is 0.471. The molecular weight excluding hydrogens is 393 g/mol. The Morgan fingerprint density at radius 1 is 1.37 bits per heavy atom. The van der Waals surface area contributed by atoms with Crippen molar-refractivity contribution in [3.05, 3.63) is 34.1 Å². The minimum atomic E-state index is -0.192. The number of oxime groups is 1. The number of hydrogen-bond acceptors (Lipinski definition) is 7. The summed E-state index contributed by atoms with van der Waals surface area (Å²) in [4.78, 5) is 7.39. The first-order valence-corrected chi connectivity index (χ1v) is 9.16. The quantitative estimate of drug-likeness (QED) is 0.441. The second-order valence-corrected chi connectivity index (χ2v) is 7.64. The van der Waals surface area contributed by atoms with E-state index in [-0.39, 0.29) is 24.0 Å². The fourth-order valence-electron chi connectivity index (χ4n) is 2.76. The van der Waals surface area contributed by atoms with Gasteiger partial charge in [0.25, 0.3) is 5.89 Å². The molecule has 2 N–H and O–H groups in total. The molecule has 1 aromatic heterocycles. The summed E-state index contributed by atoms with van der Waals surface area (Å²) >= 11 is 12.0. The molecule has 0 saturated carbocycles. The van der Waals surface area contributed by atoms with Crippen molar-refractivity contribution in [1.82, 2.24) is 15.1 Å². The van der Waals surface area contributed by atoms with Crippen LogP contribution in [0.4, 0.5) is 0 Å². The fourth-order valence-corrected chi connectivity index (χ4v) is 3.25. The first-order chi connectivity index (χ1) is 12.8. The second-order valence-electron chi connectivity index (χ2n) is 6.80. The third-order valence-corrected chi connectivity index (χ3v) is 4.44.